The maximum Gasteiger partial charge on any atom is 0.358 e. The molecular weight excluding hydrogens is 170 g/mol. The van der Waals surface area contributed by atoms with Crippen molar-refractivity contribution in [2.45, 2.75) is 33.2 Å². The van der Waals surface area contributed by atoms with Crippen LogP contribution in [-0.4, -0.2) is 26.1 Å². The number of aromatic carboxylic acids is 1. The van der Waals surface area contributed by atoms with E-state index in [1.807, 2.05) is 13.8 Å². The molecule has 1 N–H and O–H groups in total. The average molecular weight is 183 g/mol. The van der Waals surface area contributed by atoms with E-state index in [0.29, 0.717) is 13.0 Å². The molecule has 5 heteroatoms. The van der Waals surface area contributed by atoms with Crippen molar-refractivity contribution in [3.63, 3.8) is 0 Å². The van der Waals surface area contributed by atoms with Crippen LogP contribution in [0.25, 0.3) is 0 Å². The fourth-order valence-corrected chi connectivity index (χ4v) is 1.24. The van der Waals surface area contributed by atoms with Crippen molar-refractivity contribution in [2.75, 3.05) is 0 Å². The minimum absolute atomic E-state index is 0.0868. The SMILES string of the molecule is CCCc1c(C(=O)O)nnn1CC. The zero-order chi connectivity index (χ0) is 9.84. The first kappa shape index (κ1) is 9.70. The lowest BCUT2D eigenvalue weighted by Gasteiger charge is -2.01. The van der Waals surface area contributed by atoms with Gasteiger partial charge in [0.2, 0.25) is 0 Å². The quantitative estimate of drug-likeness (QED) is 0.754. The monoisotopic (exact) mass is 183 g/mol. The number of aryl methyl sites for hydroxylation is 1. The van der Waals surface area contributed by atoms with E-state index in [1.54, 1.807) is 4.68 Å². The van der Waals surface area contributed by atoms with Crippen LogP contribution in [0.5, 0.6) is 0 Å². The Balaban J connectivity index is 3.06. The van der Waals surface area contributed by atoms with E-state index < -0.39 is 5.97 Å². The second kappa shape index (κ2) is 4.02. The molecule has 0 spiro atoms. The molecule has 0 unspecified atom stereocenters. The van der Waals surface area contributed by atoms with Crippen molar-refractivity contribution in [2.24, 2.45) is 0 Å². The smallest absolute Gasteiger partial charge is 0.358 e. The minimum atomic E-state index is -0.997. The van der Waals surface area contributed by atoms with E-state index in [-0.39, 0.29) is 5.69 Å². The van der Waals surface area contributed by atoms with Crippen LogP contribution in [0.2, 0.25) is 0 Å². The van der Waals surface area contributed by atoms with Crippen molar-refractivity contribution in [3.8, 4) is 0 Å². The van der Waals surface area contributed by atoms with E-state index in [0.717, 1.165) is 12.1 Å². The van der Waals surface area contributed by atoms with Crippen LogP contribution in [0, 0.1) is 0 Å². The predicted octanol–water partition coefficient (Wildman–Crippen LogP) is 0.949. The van der Waals surface area contributed by atoms with Gasteiger partial charge >= 0.3 is 5.97 Å². The lowest BCUT2D eigenvalue weighted by molar-refractivity contribution is 0.0689. The second-order valence-electron chi connectivity index (χ2n) is 2.76. The second-order valence-corrected chi connectivity index (χ2v) is 2.76. The predicted molar refractivity (Wildman–Crippen MR) is 46.7 cm³/mol. The summed E-state index contributed by atoms with van der Waals surface area (Å²) < 4.78 is 1.63. The molecule has 0 aromatic carbocycles. The Morgan fingerprint density at radius 2 is 2.23 bits per heavy atom. The molecule has 1 aromatic rings. The van der Waals surface area contributed by atoms with Crippen molar-refractivity contribution in [1.82, 2.24) is 15.0 Å². The highest BCUT2D eigenvalue weighted by Gasteiger charge is 2.16. The molecule has 0 atom stereocenters. The van der Waals surface area contributed by atoms with Gasteiger partial charge in [-0.25, -0.2) is 9.48 Å². The van der Waals surface area contributed by atoms with Crippen LogP contribution in [0.1, 0.15) is 36.5 Å². The number of aromatic nitrogens is 3. The van der Waals surface area contributed by atoms with Crippen molar-refractivity contribution in [1.29, 1.82) is 0 Å². The summed E-state index contributed by atoms with van der Waals surface area (Å²) in [5.74, 6) is -0.997. The van der Waals surface area contributed by atoms with Gasteiger partial charge in [-0.15, -0.1) is 5.10 Å². The molecule has 0 saturated heterocycles. The number of hydrogen-bond donors (Lipinski definition) is 1. The molecule has 5 nitrogen and oxygen atoms in total. The van der Waals surface area contributed by atoms with E-state index in [1.165, 1.54) is 0 Å². The molecule has 0 aliphatic rings. The molecule has 0 fully saturated rings. The zero-order valence-electron chi connectivity index (χ0n) is 7.82. The van der Waals surface area contributed by atoms with Crippen molar-refractivity contribution in [3.05, 3.63) is 11.4 Å². The first-order chi connectivity index (χ1) is 6.20. The Hall–Kier alpha value is -1.39. The zero-order valence-corrected chi connectivity index (χ0v) is 7.82. The lowest BCUT2D eigenvalue weighted by Crippen LogP contribution is -2.06. The highest BCUT2D eigenvalue weighted by Crippen LogP contribution is 2.08. The van der Waals surface area contributed by atoms with Crippen LogP contribution in [0.4, 0.5) is 0 Å². The third-order valence-electron chi connectivity index (χ3n) is 1.83. The highest BCUT2D eigenvalue weighted by atomic mass is 16.4. The summed E-state index contributed by atoms with van der Waals surface area (Å²) in [6.45, 7) is 4.58. The standard InChI is InChI=1S/C8H13N3O2/c1-3-5-6-7(8(12)13)9-10-11(6)4-2/h3-5H2,1-2H3,(H,12,13). The van der Waals surface area contributed by atoms with E-state index in [2.05, 4.69) is 10.3 Å². The largest absolute Gasteiger partial charge is 0.476 e. The van der Waals surface area contributed by atoms with Gasteiger partial charge in [0.15, 0.2) is 5.69 Å². The third kappa shape index (κ3) is 1.85. The molecule has 0 saturated carbocycles. The van der Waals surface area contributed by atoms with Crippen LogP contribution < -0.4 is 0 Å². The number of nitrogens with zero attached hydrogens (tertiary/aromatic N) is 3. The first-order valence-corrected chi connectivity index (χ1v) is 4.36. The topological polar surface area (TPSA) is 68.0 Å². The van der Waals surface area contributed by atoms with Crippen LogP contribution in [-0.2, 0) is 13.0 Å². The van der Waals surface area contributed by atoms with Gasteiger partial charge < -0.3 is 5.11 Å². The van der Waals surface area contributed by atoms with Crippen LogP contribution >= 0.6 is 0 Å². The van der Waals surface area contributed by atoms with Gasteiger partial charge in [-0.3, -0.25) is 0 Å². The molecule has 0 radical (unpaired) electrons. The molecule has 72 valence electrons. The molecule has 0 aliphatic carbocycles. The molecule has 0 aliphatic heterocycles. The Kier molecular flexibility index (Phi) is 3.00. The van der Waals surface area contributed by atoms with Gasteiger partial charge in [-0.1, -0.05) is 18.6 Å². The molecular formula is C8H13N3O2. The summed E-state index contributed by atoms with van der Waals surface area (Å²) >= 11 is 0. The Morgan fingerprint density at radius 1 is 1.54 bits per heavy atom. The third-order valence-corrected chi connectivity index (χ3v) is 1.83. The molecule has 13 heavy (non-hydrogen) atoms. The van der Waals surface area contributed by atoms with Gasteiger partial charge in [0.05, 0.1) is 5.69 Å². The van der Waals surface area contributed by atoms with E-state index in [9.17, 15) is 4.79 Å². The first-order valence-electron chi connectivity index (χ1n) is 4.36. The summed E-state index contributed by atoms with van der Waals surface area (Å²) in [7, 11) is 0. The maximum absolute atomic E-state index is 10.7. The highest BCUT2D eigenvalue weighted by molar-refractivity contribution is 5.86. The Labute approximate surface area is 76.4 Å². The molecule has 0 amide bonds. The minimum Gasteiger partial charge on any atom is -0.476 e. The number of rotatable bonds is 4. The lowest BCUT2D eigenvalue weighted by atomic mass is 10.2. The van der Waals surface area contributed by atoms with Gasteiger partial charge in [-0.2, -0.15) is 0 Å². The van der Waals surface area contributed by atoms with Gasteiger partial charge in [0.1, 0.15) is 0 Å². The van der Waals surface area contributed by atoms with Gasteiger partial charge in [-0.05, 0) is 13.3 Å². The van der Waals surface area contributed by atoms with Gasteiger partial charge in [0.25, 0.3) is 0 Å². The maximum atomic E-state index is 10.7. The number of carboxylic acid groups (broad SMARTS) is 1. The average Bonchev–Trinajstić information content (AvgIpc) is 2.48. The molecule has 1 heterocycles. The summed E-state index contributed by atoms with van der Waals surface area (Å²) in [6.07, 6.45) is 1.61. The molecule has 0 bridgehead atoms. The van der Waals surface area contributed by atoms with Gasteiger partial charge in [0, 0.05) is 6.54 Å². The molecule has 1 aromatic heterocycles. The normalized spacial score (nSPS) is 10.3. The van der Waals surface area contributed by atoms with Crippen molar-refractivity contribution < 1.29 is 9.90 Å². The van der Waals surface area contributed by atoms with E-state index in [4.69, 9.17) is 5.11 Å². The summed E-state index contributed by atoms with van der Waals surface area (Å²) in [6, 6.07) is 0. The van der Waals surface area contributed by atoms with Crippen LogP contribution in [0.15, 0.2) is 0 Å². The number of carboxylic acids is 1. The summed E-state index contributed by atoms with van der Waals surface area (Å²) in [4.78, 5) is 10.7. The summed E-state index contributed by atoms with van der Waals surface area (Å²) in [5, 5.41) is 16.2. The Bertz CT molecular complexity index is 306. The van der Waals surface area contributed by atoms with Crippen LogP contribution in [0.3, 0.4) is 0 Å². The fraction of sp³-hybridized carbons (Fsp3) is 0.625. The number of carbonyl (C=O) groups is 1. The van der Waals surface area contributed by atoms with Crippen molar-refractivity contribution >= 4 is 5.97 Å². The fourth-order valence-electron chi connectivity index (χ4n) is 1.24. The molecule has 1 rings (SSSR count). The van der Waals surface area contributed by atoms with E-state index >= 15 is 0 Å². The Morgan fingerprint density at radius 3 is 2.69 bits per heavy atom. The summed E-state index contributed by atoms with van der Waals surface area (Å²) in [5.41, 5.74) is 0.807. The number of hydrogen-bond acceptors (Lipinski definition) is 3.